The van der Waals surface area contributed by atoms with Crippen molar-refractivity contribution in [2.45, 2.75) is 65.5 Å². The normalized spacial score (nSPS) is 17.9. The van der Waals surface area contributed by atoms with Gasteiger partial charge in [-0.05, 0) is 33.1 Å². The molecule has 232 valence electrons. The summed E-state index contributed by atoms with van der Waals surface area (Å²) in [4.78, 5) is 32.2. The molecule has 2 aromatic rings. The fraction of sp³-hybridized carbons (Fsp3) is 0.588. The van der Waals surface area contributed by atoms with Gasteiger partial charge in [-0.25, -0.2) is 0 Å². The number of carboxylic acids is 2. The summed E-state index contributed by atoms with van der Waals surface area (Å²) in [6, 6.07) is 17.4. The highest BCUT2D eigenvalue weighted by Crippen LogP contribution is 2.23. The van der Waals surface area contributed by atoms with Crippen molar-refractivity contribution in [2.24, 2.45) is 0 Å². The van der Waals surface area contributed by atoms with Gasteiger partial charge in [-0.2, -0.15) is 0 Å². The Morgan fingerprint density at radius 3 is 1.02 bits per heavy atom. The van der Waals surface area contributed by atoms with Crippen LogP contribution in [0.15, 0.2) is 48.5 Å². The van der Waals surface area contributed by atoms with E-state index in [1.807, 2.05) is 9.80 Å². The molecule has 0 radical (unpaired) electrons. The second-order valence-corrected chi connectivity index (χ2v) is 13.8. The van der Waals surface area contributed by atoms with Gasteiger partial charge in [-0.15, -0.1) is 0 Å². The third-order valence-electron chi connectivity index (χ3n) is 8.10. The Balaban J connectivity index is 1.76. The van der Waals surface area contributed by atoms with E-state index in [1.54, 1.807) is 0 Å². The van der Waals surface area contributed by atoms with Crippen LogP contribution >= 0.6 is 0 Å². The third-order valence-corrected chi connectivity index (χ3v) is 8.10. The lowest BCUT2D eigenvalue weighted by Gasteiger charge is -2.33. The first-order chi connectivity index (χ1) is 19.7. The standard InChI is InChI=1S/C34H52N4O4/c1-33(2,3)29-11-7-27(8-12-29)23-35-15-19-37(25-31(39)40)21-17-36(18-22-38(20-16-35)26-32(41)42)24-28-9-13-30(14-10-28)34(4,5)6/h7-14H,15-26H2,1-6H3,(H,39,40)(H,41,42). The molecule has 1 fully saturated rings. The van der Waals surface area contributed by atoms with Crippen LogP contribution in [0.2, 0.25) is 0 Å². The van der Waals surface area contributed by atoms with Crippen molar-refractivity contribution >= 4 is 11.9 Å². The molecule has 0 atom stereocenters. The smallest absolute Gasteiger partial charge is 0.317 e. The maximum absolute atomic E-state index is 11.7. The predicted molar refractivity (Wildman–Crippen MR) is 169 cm³/mol. The van der Waals surface area contributed by atoms with Crippen LogP contribution in [0.4, 0.5) is 0 Å². The predicted octanol–water partition coefficient (Wildman–Crippen LogP) is 4.37. The van der Waals surface area contributed by atoms with E-state index in [4.69, 9.17) is 0 Å². The van der Waals surface area contributed by atoms with Crippen molar-refractivity contribution in [3.8, 4) is 0 Å². The van der Waals surface area contributed by atoms with Gasteiger partial charge in [0, 0.05) is 65.4 Å². The molecule has 0 amide bonds. The molecule has 2 N–H and O–H groups in total. The van der Waals surface area contributed by atoms with Gasteiger partial charge >= 0.3 is 11.9 Å². The molecular weight excluding hydrogens is 528 g/mol. The van der Waals surface area contributed by atoms with Gasteiger partial charge in [0.25, 0.3) is 0 Å². The van der Waals surface area contributed by atoms with Crippen molar-refractivity contribution < 1.29 is 19.8 Å². The minimum Gasteiger partial charge on any atom is -0.480 e. The number of hydrogen-bond donors (Lipinski definition) is 2. The molecule has 1 aliphatic heterocycles. The Morgan fingerprint density at radius 1 is 0.524 bits per heavy atom. The number of carbonyl (C=O) groups is 2. The summed E-state index contributed by atoms with van der Waals surface area (Å²) in [6.07, 6.45) is 0. The Hall–Kier alpha value is -2.78. The van der Waals surface area contributed by atoms with Gasteiger partial charge in [0.15, 0.2) is 0 Å². The quantitative estimate of drug-likeness (QED) is 0.476. The SMILES string of the molecule is CC(C)(C)c1ccc(CN2CCN(CC(=O)O)CCN(Cc3ccc(C(C)(C)C)cc3)CCN(CC(=O)O)CC2)cc1. The van der Waals surface area contributed by atoms with Gasteiger partial charge in [-0.3, -0.25) is 29.2 Å². The van der Waals surface area contributed by atoms with Gasteiger partial charge in [0.1, 0.15) is 0 Å². The lowest BCUT2D eigenvalue weighted by molar-refractivity contribution is -0.139. The maximum Gasteiger partial charge on any atom is 0.317 e. The average molecular weight is 581 g/mol. The minimum atomic E-state index is -0.816. The summed E-state index contributed by atoms with van der Waals surface area (Å²) < 4.78 is 0. The largest absolute Gasteiger partial charge is 0.480 e. The lowest BCUT2D eigenvalue weighted by Crippen LogP contribution is -2.47. The van der Waals surface area contributed by atoms with Crippen molar-refractivity contribution in [1.82, 2.24) is 19.6 Å². The van der Waals surface area contributed by atoms with Crippen LogP contribution in [0.5, 0.6) is 0 Å². The summed E-state index contributed by atoms with van der Waals surface area (Å²) in [7, 11) is 0. The van der Waals surface area contributed by atoms with Gasteiger partial charge in [-0.1, -0.05) is 90.1 Å². The highest BCUT2D eigenvalue weighted by atomic mass is 16.4. The first-order valence-corrected chi connectivity index (χ1v) is 15.2. The molecule has 0 unspecified atom stereocenters. The van der Waals surface area contributed by atoms with Crippen molar-refractivity contribution in [2.75, 3.05) is 65.4 Å². The highest BCUT2D eigenvalue weighted by molar-refractivity contribution is 5.69. The summed E-state index contributed by atoms with van der Waals surface area (Å²) in [5.41, 5.74) is 5.15. The van der Waals surface area contributed by atoms with Crippen molar-refractivity contribution in [3.05, 3.63) is 70.8 Å². The number of carboxylic acid groups (broad SMARTS) is 2. The Bertz CT molecular complexity index is 1030. The molecule has 0 aromatic heterocycles. The summed E-state index contributed by atoms with van der Waals surface area (Å²) in [6.45, 7) is 20.1. The van der Waals surface area contributed by atoms with E-state index in [2.05, 4.69) is 99.9 Å². The van der Waals surface area contributed by atoms with Crippen molar-refractivity contribution in [1.29, 1.82) is 0 Å². The maximum atomic E-state index is 11.7. The van der Waals surface area contributed by atoms with Gasteiger partial charge in [0.05, 0.1) is 13.1 Å². The highest BCUT2D eigenvalue weighted by Gasteiger charge is 2.20. The Morgan fingerprint density at radius 2 is 0.786 bits per heavy atom. The van der Waals surface area contributed by atoms with E-state index in [1.165, 1.54) is 22.3 Å². The van der Waals surface area contributed by atoms with Crippen LogP contribution in [0.3, 0.4) is 0 Å². The number of hydrogen-bond acceptors (Lipinski definition) is 6. The van der Waals surface area contributed by atoms with Crippen LogP contribution < -0.4 is 0 Å². The number of benzene rings is 2. The van der Waals surface area contributed by atoms with Crippen LogP contribution in [0.25, 0.3) is 0 Å². The summed E-state index contributed by atoms with van der Waals surface area (Å²) in [5, 5.41) is 19.3. The lowest BCUT2D eigenvalue weighted by atomic mass is 9.87. The topological polar surface area (TPSA) is 87.6 Å². The Kier molecular flexibility index (Phi) is 12.1. The molecule has 3 rings (SSSR count). The van der Waals surface area contributed by atoms with Crippen LogP contribution in [-0.2, 0) is 33.5 Å². The molecule has 1 aliphatic rings. The minimum absolute atomic E-state index is 0.00732. The van der Waals surface area contributed by atoms with E-state index in [0.717, 1.165) is 13.1 Å². The average Bonchev–Trinajstić information content (AvgIpc) is 2.89. The fourth-order valence-electron chi connectivity index (χ4n) is 5.33. The molecule has 0 saturated carbocycles. The third kappa shape index (κ3) is 11.5. The molecule has 0 spiro atoms. The van der Waals surface area contributed by atoms with Crippen molar-refractivity contribution in [3.63, 3.8) is 0 Å². The van der Waals surface area contributed by atoms with E-state index in [0.29, 0.717) is 52.4 Å². The molecule has 42 heavy (non-hydrogen) atoms. The molecule has 2 aromatic carbocycles. The molecular formula is C34H52N4O4. The number of rotatable bonds is 8. The van der Waals surface area contributed by atoms with E-state index in [9.17, 15) is 19.8 Å². The number of aliphatic carboxylic acids is 2. The van der Waals surface area contributed by atoms with Gasteiger partial charge in [0.2, 0.25) is 0 Å². The first kappa shape index (κ1) is 33.7. The molecule has 1 heterocycles. The van der Waals surface area contributed by atoms with Crippen LogP contribution in [0.1, 0.15) is 63.8 Å². The Labute approximate surface area is 252 Å². The number of nitrogens with zero attached hydrogens (tertiary/aromatic N) is 4. The summed E-state index contributed by atoms with van der Waals surface area (Å²) >= 11 is 0. The molecule has 0 bridgehead atoms. The fourth-order valence-corrected chi connectivity index (χ4v) is 5.33. The summed E-state index contributed by atoms with van der Waals surface area (Å²) in [5.74, 6) is -1.63. The zero-order valence-corrected chi connectivity index (χ0v) is 26.6. The van der Waals surface area contributed by atoms with E-state index >= 15 is 0 Å². The first-order valence-electron chi connectivity index (χ1n) is 15.2. The monoisotopic (exact) mass is 580 g/mol. The second-order valence-electron chi connectivity index (χ2n) is 13.8. The molecule has 8 heteroatoms. The van der Waals surface area contributed by atoms with E-state index in [-0.39, 0.29) is 23.9 Å². The second kappa shape index (κ2) is 15.1. The zero-order chi connectivity index (χ0) is 30.9. The zero-order valence-electron chi connectivity index (χ0n) is 26.6. The van der Waals surface area contributed by atoms with Gasteiger partial charge < -0.3 is 10.2 Å². The molecule has 8 nitrogen and oxygen atoms in total. The van der Waals surface area contributed by atoms with Crippen LogP contribution in [-0.4, -0.2) is 107 Å². The molecule has 1 saturated heterocycles. The van der Waals surface area contributed by atoms with Crippen LogP contribution in [0, 0.1) is 0 Å². The molecule has 0 aliphatic carbocycles. The van der Waals surface area contributed by atoms with E-state index < -0.39 is 11.9 Å².